The number of rotatable bonds is 4. The van der Waals surface area contributed by atoms with Gasteiger partial charge in [-0.05, 0) is 47.7 Å². The van der Waals surface area contributed by atoms with Gasteiger partial charge < -0.3 is 14.3 Å². The third-order valence-corrected chi connectivity index (χ3v) is 6.13. The van der Waals surface area contributed by atoms with Gasteiger partial charge in [-0.25, -0.2) is 0 Å². The van der Waals surface area contributed by atoms with E-state index >= 15 is 0 Å². The molecule has 162 valence electrons. The maximum atomic E-state index is 12.6. The van der Waals surface area contributed by atoms with Crippen LogP contribution in [0, 0.1) is 5.41 Å². The first-order valence-corrected chi connectivity index (χ1v) is 10.8. The lowest BCUT2D eigenvalue weighted by molar-refractivity contribution is -0.255. The van der Waals surface area contributed by atoms with Crippen LogP contribution in [0.5, 0.6) is 0 Å². The van der Waals surface area contributed by atoms with Crippen molar-refractivity contribution in [1.29, 1.82) is 5.41 Å². The molecule has 8 nitrogen and oxygen atoms in total. The van der Waals surface area contributed by atoms with Gasteiger partial charge in [0.15, 0.2) is 5.84 Å². The number of furan rings is 1. The van der Waals surface area contributed by atoms with Crippen LogP contribution in [0.3, 0.4) is 0 Å². The first-order chi connectivity index (χ1) is 15.9. The minimum Gasteiger partial charge on any atom is -0.545 e. The smallest absolute Gasteiger partial charge is 0.283 e. The van der Waals surface area contributed by atoms with Gasteiger partial charge in [0, 0.05) is 11.1 Å². The van der Waals surface area contributed by atoms with E-state index in [1.54, 1.807) is 42.5 Å². The number of hydrogen-bond acceptors (Lipinski definition) is 7. The van der Waals surface area contributed by atoms with Crippen molar-refractivity contribution in [3.63, 3.8) is 0 Å². The number of carbonyl (C=O) groups excluding carboxylic acids is 2. The van der Waals surface area contributed by atoms with Crippen molar-refractivity contribution >= 4 is 57.4 Å². The fourth-order valence-electron chi connectivity index (χ4n) is 3.26. The summed E-state index contributed by atoms with van der Waals surface area (Å²) < 4.78 is 5.76. The maximum Gasteiger partial charge on any atom is 0.283 e. The van der Waals surface area contributed by atoms with Crippen LogP contribution in [-0.4, -0.2) is 32.9 Å². The summed E-state index contributed by atoms with van der Waals surface area (Å²) in [7, 11) is 0. The molecule has 2 aliphatic heterocycles. The number of amides is 1. The third kappa shape index (κ3) is 3.88. The van der Waals surface area contributed by atoms with Gasteiger partial charge in [-0.2, -0.15) is 15.1 Å². The highest BCUT2D eigenvalue weighted by molar-refractivity contribution is 8.27. The summed E-state index contributed by atoms with van der Waals surface area (Å²) in [5, 5.41) is 26.6. The van der Waals surface area contributed by atoms with Crippen LogP contribution in [-0.2, 0) is 4.79 Å². The lowest BCUT2D eigenvalue weighted by atomic mass is 10.1. The van der Waals surface area contributed by atoms with Crippen LogP contribution in [0.15, 0.2) is 80.7 Å². The van der Waals surface area contributed by atoms with Gasteiger partial charge in [0.2, 0.25) is 5.17 Å². The Morgan fingerprint density at radius 3 is 2.76 bits per heavy atom. The molecule has 0 radical (unpaired) electrons. The lowest BCUT2D eigenvalue weighted by Gasteiger charge is -2.19. The van der Waals surface area contributed by atoms with E-state index in [0.29, 0.717) is 32.7 Å². The summed E-state index contributed by atoms with van der Waals surface area (Å²) in [6.45, 7) is 0. The molecule has 2 aromatic carbocycles. The topological polar surface area (TPSA) is 122 Å². The summed E-state index contributed by atoms with van der Waals surface area (Å²) in [6.07, 6.45) is 1.41. The minimum atomic E-state index is -1.29. The number of hydrogen-bond donors (Lipinski definition) is 1. The molecule has 0 spiro atoms. The van der Waals surface area contributed by atoms with E-state index < -0.39 is 11.9 Å². The average Bonchev–Trinajstić information content (AvgIpc) is 3.44. The second-order valence-corrected chi connectivity index (χ2v) is 8.34. The molecule has 0 aliphatic carbocycles. The Morgan fingerprint density at radius 2 is 1.97 bits per heavy atom. The van der Waals surface area contributed by atoms with Gasteiger partial charge in [-0.3, -0.25) is 10.2 Å². The highest BCUT2D eigenvalue weighted by Crippen LogP contribution is 2.33. The molecule has 33 heavy (non-hydrogen) atoms. The first kappa shape index (κ1) is 20.9. The van der Waals surface area contributed by atoms with Crippen LogP contribution >= 0.6 is 23.4 Å². The SMILES string of the molecule is N=C1/C(=C/c2ccc(-c3cccc(C(=O)[O-])c3)o2)C(=O)N=C2SC(c3ccccc3Cl)=NN12. The molecule has 2 aliphatic rings. The summed E-state index contributed by atoms with van der Waals surface area (Å²) >= 11 is 7.41. The molecule has 5 rings (SSSR count). The van der Waals surface area contributed by atoms with Crippen LogP contribution in [0.25, 0.3) is 17.4 Å². The Morgan fingerprint density at radius 1 is 1.15 bits per heavy atom. The second-order valence-electron chi connectivity index (χ2n) is 6.98. The van der Waals surface area contributed by atoms with Gasteiger partial charge >= 0.3 is 0 Å². The molecule has 1 N–H and O–H groups in total. The number of benzene rings is 2. The molecule has 1 aromatic heterocycles. The Bertz CT molecular complexity index is 1440. The molecular formula is C23H12ClN4O4S-. The second kappa shape index (κ2) is 8.19. The summed E-state index contributed by atoms with van der Waals surface area (Å²) in [6, 6.07) is 16.5. The fourth-order valence-corrected chi connectivity index (χ4v) is 4.47. The number of aliphatic imine (C=N–C) groups is 1. The normalized spacial score (nSPS) is 16.6. The number of aromatic carboxylic acids is 1. The molecule has 0 fully saturated rings. The van der Waals surface area contributed by atoms with E-state index in [4.69, 9.17) is 21.4 Å². The quantitative estimate of drug-likeness (QED) is 0.575. The summed E-state index contributed by atoms with van der Waals surface area (Å²) in [5.41, 5.74) is 1.25. The Kier molecular flexibility index (Phi) is 5.20. The number of hydrazone groups is 1. The standard InChI is InChI=1S/C23H13ClN4O4S/c24-17-7-2-1-6-15(17)21-27-28-19(25)16(20(29)26-23(28)33-21)11-14-8-9-18(32-14)12-4-3-5-13(10-12)22(30)31/h1-11,25H,(H,30,31)/p-1/b16-11-,25-19?. The van der Waals surface area contributed by atoms with Crippen LogP contribution < -0.4 is 5.11 Å². The highest BCUT2D eigenvalue weighted by atomic mass is 35.5. The number of halogens is 1. The van der Waals surface area contributed by atoms with Crippen LogP contribution in [0.1, 0.15) is 21.7 Å². The number of thioether (sulfide) groups is 1. The highest BCUT2D eigenvalue weighted by Gasteiger charge is 2.36. The van der Waals surface area contributed by atoms with E-state index in [1.165, 1.54) is 23.2 Å². The Labute approximate surface area is 196 Å². The van der Waals surface area contributed by atoms with Crippen molar-refractivity contribution in [2.75, 3.05) is 0 Å². The van der Waals surface area contributed by atoms with E-state index in [1.807, 2.05) is 6.07 Å². The summed E-state index contributed by atoms with van der Waals surface area (Å²) in [5.74, 6) is -1.32. The predicted octanol–water partition coefficient (Wildman–Crippen LogP) is 3.63. The van der Waals surface area contributed by atoms with Gasteiger partial charge in [-0.15, -0.1) is 0 Å². The molecule has 10 heteroatoms. The zero-order valence-corrected chi connectivity index (χ0v) is 18.2. The third-order valence-electron chi connectivity index (χ3n) is 4.85. The lowest BCUT2D eigenvalue weighted by Crippen LogP contribution is -2.35. The van der Waals surface area contributed by atoms with Crippen LogP contribution in [0.2, 0.25) is 5.02 Å². The average molecular weight is 476 g/mol. The van der Waals surface area contributed by atoms with Crippen molar-refractivity contribution in [2.24, 2.45) is 10.1 Å². The molecule has 0 saturated heterocycles. The molecular weight excluding hydrogens is 464 g/mol. The van der Waals surface area contributed by atoms with Crippen molar-refractivity contribution in [3.05, 3.63) is 88.1 Å². The number of fused-ring (bicyclic) bond motifs is 1. The molecule has 1 amide bonds. The molecule has 0 saturated carbocycles. The van der Waals surface area contributed by atoms with E-state index in [2.05, 4.69) is 10.1 Å². The van der Waals surface area contributed by atoms with Crippen molar-refractivity contribution < 1.29 is 19.1 Å². The first-order valence-electron chi connectivity index (χ1n) is 9.57. The zero-order chi connectivity index (χ0) is 23.1. The molecule has 0 bridgehead atoms. The number of carboxylic acids is 1. The van der Waals surface area contributed by atoms with Crippen molar-refractivity contribution in [3.8, 4) is 11.3 Å². The van der Waals surface area contributed by atoms with E-state index in [9.17, 15) is 14.7 Å². The van der Waals surface area contributed by atoms with Crippen molar-refractivity contribution in [1.82, 2.24) is 5.01 Å². The molecule has 0 unspecified atom stereocenters. The number of nitrogens with one attached hydrogen (secondary N) is 1. The number of carboxylic acid groups (broad SMARTS) is 1. The predicted molar refractivity (Wildman–Crippen MR) is 124 cm³/mol. The molecule has 3 aromatic rings. The molecule has 3 heterocycles. The zero-order valence-electron chi connectivity index (χ0n) is 16.6. The largest absolute Gasteiger partial charge is 0.545 e. The Balaban J connectivity index is 1.45. The Hall–Kier alpha value is -3.95. The van der Waals surface area contributed by atoms with E-state index in [0.717, 1.165) is 11.8 Å². The monoisotopic (exact) mass is 475 g/mol. The van der Waals surface area contributed by atoms with Gasteiger partial charge in [-0.1, -0.05) is 48.0 Å². The van der Waals surface area contributed by atoms with Gasteiger partial charge in [0.25, 0.3) is 5.91 Å². The van der Waals surface area contributed by atoms with Crippen LogP contribution in [0.4, 0.5) is 0 Å². The molecule has 0 atom stereocenters. The number of carbonyl (C=O) groups is 2. The van der Waals surface area contributed by atoms with Crippen molar-refractivity contribution in [2.45, 2.75) is 0 Å². The van der Waals surface area contributed by atoms with E-state index in [-0.39, 0.29) is 22.1 Å². The fraction of sp³-hybridized carbons (Fsp3) is 0. The van der Waals surface area contributed by atoms with Gasteiger partial charge in [0.1, 0.15) is 16.6 Å². The summed E-state index contributed by atoms with van der Waals surface area (Å²) in [4.78, 5) is 27.8. The maximum absolute atomic E-state index is 12.6. The number of nitrogens with zero attached hydrogens (tertiary/aromatic N) is 3. The minimum absolute atomic E-state index is 0.00731. The van der Waals surface area contributed by atoms with Gasteiger partial charge in [0.05, 0.1) is 16.6 Å². The number of amidine groups is 2.